The van der Waals surface area contributed by atoms with Crippen LogP contribution in [-0.2, 0) is 20.9 Å². The molecule has 1 aliphatic heterocycles. The van der Waals surface area contributed by atoms with E-state index >= 15 is 0 Å². The van der Waals surface area contributed by atoms with E-state index in [-0.39, 0.29) is 42.2 Å². The largest absolute Gasteiger partial charge is 0.475 e. The fraction of sp³-hybridized carbons (Fsp3) is 0.636. The highest BCUT2D eigenvalue weighted by molar-refractivity contribution is 7.98. The number of nitrogens with zero attached hydrogens (tertiary/aromatic N) is 2. The fourth-order valence-corrected chi connectivity index (χ4v) is 4.69. The highest BCUT2D eigenvalue weighted by atomic mass is 32.2. The maximum Gasteiger partial charge on any atom is 0.243 e. The number of thioether (sulfide) groups is 1. The molecule has 0 bridgehead atoms. The Bertz CT molecular complexity index is 744. The van der Waals surface area contributed by atoms with Crippen molar-refractivity contribution in [3.05, 3.63) is 23.9 Å². The molecule has 0 radical (unpaired) electrons. The lowest BCUT2D eigenvalue weighted by Crippen LogP contribution is -2.50. The van der Waals surface area contributed by atoms with Gasteiger partial charge < -0.3 is 10.1 Å². The van der Waals surface area contributed by atoms with Crippen LogP contribution in [0.15, 0.2) is 18.3 Å². The molecule has 0 spiro atoms. The summed E-state index contributed by atoms with van der Waals surface area (Å²) in [7, 11) is 0. The number of ether oxygens (including phenoxy) is 1. The average molecular weight is 434 g/mol. The van der Waals surface area contributed by atoms with Crippen LogP contribution in [-0.4, -0.2) is 51.8 Å². The van der Waals surface area contributed by atoms with Gasteiger partial charge in [0.2, 0.25) is 23.6 Å². The van der Waals surface area contributed by atoms with E-state index < -0.39 is 6.04 Å². The molecule has 3 unspecified atom stereocenters. The number of fused-ring (bicyclic) bond motifs is 1. The smallest absolute Gasteiger partial charge is 0.243 e. The summed E-state index contributed by atoms with van der Waals surface area (Å²) < 4.78 is 5.53. The maximum absolute atomic E-state index is 13.0. The molecule has 1 aromatic rings. The third-order valence-electron chi connectivity index (χ3n) is 5.71. The van der Waals surface area contributed by atoms with Gasteiger partial charge in [0.15, 0.2) is 0 Å². The number of hydrogen-bond donors (Lipinski definition) is 1. The number of imide groups is 1. The molecular formula is C22H31N3O4S. The van der Waals surface area contributed by atoms with Gasteiger partial charge in [-0.1, -0.05) is 18.9 Å². The number of likely N-dealkylation sites (tertiary alicyclic amines) is 1. The summed E-state index contributed by atoms with van der Waals surface area (Å²) in [5.41, 5.74) is 0.829. The highest BCUT2D eigenvalue weighted by Crippen LogP contribution is 2.39. The molecule has 2 fully saturated rings. The number of rotatable bonds is 9. The van der Waals surface area contributed by atoms with Crippen molar-refractivity contribution >= 4 is 29.5 Å². The predicted octanol–water partition coefficient (Wildman–Crippen LogP) is 2.78. The van der Waals surface area contributed by atoms with Crippen LogP contribution in [0.25, 0.3) is 0 Å². The molecule has 1 aromatic heterocycles. The van der Waals surface area contributed by atoms with E-state index in [9.17, 15) is 14.4 Å². The lowest BCUT2D eigenvalue weighted by Gasteiger charge is -2.26. The number of aromatic nitrogens is 1. The molecule has 164 valence electrons. The highest BCUT2D eigenvalue weighted by Gasteiger charge is 2.51. The topological polar surface area (TPSA) is 88.6 Å². The minimum Gasteiger partial charge on any atom is -0.475 e. The van der Waals surface area contributed by atoms with E-state index in [1.165, 1.54) is 4.90 Å². The predicted molar refractivity (Wildman–Crippen MR) is 116 cm³/mol. The molecule has 3 rings (SSSR count). The van der Waals surface area contributed by atoms with Gasteiger partial charge in [-0.15, -0.1) is 0 Å². The molecule has 1 aliphatic carbocycles. The van der Waals surface area contributed by atoms with Gasteiger partial charge in [-0.2, -0.15) is 11.8 Å². The lowest BCUT2D eigenvalue weighted by atomic mass is 9.81. The first-order chi connectivity index (χ1) is 14.4. The minimum atomic E-state index is -0.750. The molecular weight excluding hydrogens is 402 g/mol. The lowest BCUT2D eigenvalue weighted by molar-refractivity contribution is -0.148. The number of pyridine rings is 1. The Morgan fingerprint density at radius 3 is 2.43 bits per heavy atom. The molecule has 0 aromatic carbocycles. The Hall–Kier alpha value is -2.09. The Morgan fingerprint density at radius 1 is 1.23 bits per heavy atom. The number of nitrogens with one attached hydrogen (secondary N) is 1. The van der Waals surface area contributed by atoms with Gasteiger partial charge in [0.25, 0.3) is 0 Å². The molecule has 7 nitrogen and oxygen atoms in total. The summed E-state index contributed by atoms with van der Waals surface area (Å²) >= 11 is 1.60. The van der Waals surface area contributed by atoms with Crippen LogP contribution in [0.4, 0.5) is 0 Å². The SMILES string of the molecule is CSCCC(C(=O)NCc1ccc(OC(C)C)nc1)N1C(=O)C2CCCCC2C1=O. The Balaban J connectivity index is 1.67. The zero-order valence-corrected chi connectivity index (χ0v) is 18.7. The van der Waals surface area contributed by atoms with Crippen LogP contribution in [0, 0.1) is 11.8 Å². The zero-order chi connectivity index (χ0) is 21.7. The van der Waals surface area contributed by atoms with Gasteiger partial charge in [0.05, 0.1) is 17.9 Å². The quantitative estimate of drug-likeness (QED) is 0.603. The molecule has 3 atom stereocenters. The van der Waals surface area contributed by atoms with Gasteiger partial charge in [0.1, 0.15) is 6.04 Å². The van der Waals surface area contributed by atoms with Crippen molar-refractivity contribution in [2.24, 2.45) is 11.8 Å². The third kappa shape index (κ3) is 5.14. The first-order valence-electron chi connectivity index (χ1n) is 10.7. The van der Waals surface area contributed by atoms with Crippen LogP contribution >= 0.6 is 11.8 Å². The van der Waals surface area contributed by atoms with Crippen molar-refractivity contribution in [1.29, 1.82) is 0 Å². The molecule has 8 heteroatoms. The first kappa shape index (κ1) is 22.6. The Labute approximate surface area is 182 Å². The van der Waals surface area contributed by atoms with Crippen LogP contribution in [0.3, 0.4) is 0 Å². The van der Waals surface area contributed by atoms with E-state index in [1.807, 2.05) is 26.2 Å². The number of amides is 3. The van der Waals surface area contributed by atoms with Crippen molar-refractivity contribution in [3.8, 4) is 5.88 Å². The molecule has 3 amide bonds. The molecule has 1 saturated carbocycles. The van der Waals surface area contributed by atoms with E-state index in [2.05, 4.69) is 10.3 Å². The van der Waals surface area contributed by atoms with Crippen molar-refractivity contribution in [2.45, 2.75) is 64.6 Å². The average Bonchev–Trinajstić information content (AvgIpc) is 2.98. The van der Waals surface area contributed by atoms with Crippen LogP contribution in [0.2, 0.25) is 0 Å². The van der Waals surface area contributed by atoms with Crippen LogP contribution < -0.4 is 10.1 Å². The third-order valence-corrected chi connectivity index (χ3v) is 6.35. The summed E-state index contributed by atoms with van der Waals surface area (Å²) in [5, 5.41) is 2.89. The van der Waals surface area contributed by atoms with E-state index in [0.717, 1.165) is 31.2 Å². The summed E-state index contributed by atoms with van der Waals surface area (Å²) in [6, 6.07) is 2.87. The van der Waals surface area contributed by atoms with Gasteiger partial charge >= 0.3 is 0 Å². The summed E-state index contributed by atoms with van der Waals surface area (Å²) in [6.07, 6.45) is 7.56. The van der Waals surface area contributed by atoms with Gasteiger partial charge in [-0.3, -0.25) is 19.3 Å². The summed E-state index contributed by atoms with van der Waals surface area (Å²) in [5.74, 6) is 0.140. The monoisotopic (exact) mass is 433 g/mol. The molecule has 2 heterocycles. The second-order valence-electron chi connectivity index (χ2n) is 8.23. The molecule has 1 N–H and O–H groups in total. The van der Waals surface area contributed by atoms with Gasteiger partial charge in [-0.05, 0) is 50.7 Å². The standard InChI is InChI=1S/C22H31N3O4S/c1-14(2)29-19-9-8-15(12-23-19)13-24-20(26)18(10-11-30-3)25-21(27)16-6-4-5-7-17(16)22(25)28/h8-9,12,14,16-18H,4-7,10-11,13H2,1-3H3,(H,24,26). The molecule has 2 aliphatic rings. The normalized spacial score (nSPS) is 22.2. The molecule has 30 heavy (non-hydrogen) atoms. The van der Waals surface area contributed by atoms with Gasteiger partial charge in [-0.25, -0.2) is 4.98 Å². The van der Waals surface area contributed by atoms with Crippen molar-refractivity contribution in [1.82, 2.24) is 15.2 Å². The van der Waals surface area contributed by atoms with Crippen molar-refractivity contribution in [2.75, 3.05) is 12.0 Å². The van der Waals surface area contributed by atoms with E-state index in [1.54, 1.807) is 24.0 Å². The van der Waals surface area contributed by atoms with Crippen molar-refractivity contribution < 1.29 is 19.1 Å². The van der Waals surface area contributed by atoms with Crippen LogP contribution in [0.5, 0.6) is 5.88 Å². The number of carbonyl (C=O) groups excluding carboxylic acids is 3. The Kier molecular flexibility index (Phi) is 7.75. The minimum absolute atomic E-state index is 0.0412. The zero-order valence-electron chi connectivity index (χ0n) is 17.9. The maximum atomic E-state index is 13.0. The second-order valence-corrected chi connectivity index (χ2v) is 9.22. The van der Waals surface area contributed by atoms with Crippen LogP contribution in [0.1, 0.15) is 51.5 Å². The molecule has 1 saturated heterocycles. The number of carbonyl (C=O) groups is 3. The van der Waals surface area contributed by atoms with E-state index in [0.29, 0.717) is 18.1 Å². The second kappa shape index (κ2) is 10.3. The number of hydrogen-bond acceptors (Lipinski definition) is 6. The fourth-order valence-electron chi connectivity index (χ4n) is 4.24. The van der Waals surface area contributed by atoms with Gasteiger partial charge in [0, 0.05) is 18.8 Å². The van der Waals surface area contributed by atoms with E-state index in [4.69, 9.17) is 4.74 Å². The first-order valence-corrected chi connectivity index (χ1v) is 12.1. The summed E-state index contributed by atoms with van der Waals surface area (Å²) in [4.78, 5) is 44.4. The van der Waals surface area contributed by atoms with Crippen molar-refractivity contribution in [3.63, 3.8) is 0 Å². The Morgan fingerprint density at radius 2 is 1.90 bits per heavy atom. The summed E-state index contributed by atoms with van der Waals surface area (Å²) in [6.45, 7) is 4.15.